The minimum absolute atomic E-state index is 0.138. The van der Waals surface area contributed by atoms with Gasteiger partial charge >= 0.3 is 13.5 Å². The van der Waals surface area contributed by atoms with Crippen molar-refractivity contribution in [2.24, 2.45) is 0 Å². The summed E-state index contributed by atoms with van der Waals surface area (Å²) in [5.74, 6) is 0.678. The Labute approximate surface area is 103 Å². The van der Waals surface area contributed by atoms with Crippen LogP contribution < -0.4 is 9.39 Å². The standard InChI is InChI=1S/C9H5BBrF3O3/c11-6-3-5-1-2-10(15)17-8(5)7(4-6)16-9(12,13)14/h1-4,15H. The lowest BCUT2D eigenvalue weighted by Gasteiger charge is -2.20. The van der Waals surface area contributed by atoms with Crippen molar-refractivity contribution in [1.82, 2.24) is 0 Å². The molecular formula is C9H5BBrF3O3. The van der Waals surface area contributed by atoms with Crippen LogP contribution in [-0.4, -0.2) is 18.5 Å². The first-order valence-corrected chi connectivity index (χ1v) is 5.27. The fourth-order valence-electron chi connectivity index (χ4n) is 1.39. The predicted octanol–water partition coefficient (Wildman–Crippen LogP) is 2.77. The lowest BCUT2D eigenvalue weighted by Crippen LogP contribution is -2.24. The van der Waals surface area contributed by atoms with Gasteiger partial charge in [-0.15, -0.1) is 13.2 Å². The second-order valence-corrected chi connectivity index (χ2v) is 4.15. The molecule has 1 aliphatic heterocycles. The summed E-state index contributed by atoms with van der Waals surface area (Å²) >= 11 is 3.06. The number of hydrogen-bond acceptors (Lipinski definition) is 3. The van der Waals surface area contributed by atoms with Crippen LogP contribution in [0.4, 0.5) is 13.2 Å². The maximum atomic E-state index is 12.2. The molecule has 0 fully saturated rings. The van der Waals surface area contributed by atoms with Gasteiger partial charge in [-0.05, 0) is 18.1 Å². The van der Waals surface area contributed by atoms with E-state index in [9.17, 15) is 18.2 Å². The highest BCUT2D eigenvalue weighted by atomic mass is 79.9. The molecule has 90 valence electrons. The van der Waals surface area contributed by atoms with Crippen molar-refractivity contribution in [3.8, 4) is 11.5 Å². The van der Waals surface area contributed by atoms with E-state index in [-0.39, 0.29) is 5.75 Å². The number of rotatable bonds is 1. The van der Waals surface area contributed by atoms with Crippen LogP contribution in [-0.2, 0) is 0 Å². The molecule has 1 aromatic rings. The topological polar surface area (TPSA) is 38.7 Å². The maximum absolute atomic E-state index is 12.2. The third kappa shape index (κ3) is 2.95. The number of hydrogen-bond donors (Lipinski definition) is 1. The largest absolute Gasteiger partial charge is 0.573 e. The van der Waals surface area contributed by atoms with Crippen LogP contribution in [0.2, 0.25) is 0 Å². The summed E-state index contributed by atoms with van der Waals surface area (Å²) in [6.45, 7) is 0. The third-order valence-electron chi connectivity index (χ3n) is 1.95. The average molecular weight is 309 g/mol. The summed E-state index contributed by atoms with van der Waals surface area (Å²) in [6, 6.07) is 2.68. The van der Waals surface area contributed by atoms with Crippen molar-refractivity contribution in [2.45, 2.75) is 6.36 Å². The van der Waals surface area contributed by atoms with Crippen molar-refractivity contribution in [2.75, 3.05) is 0 Å². The van der Waals surface area contributed by atoms with Crippen molar-refractivity contribution < 1.29 is 27.6 Å². The summed E-state index contributed by atoms with van der Waals surface area (Å²) in [5.41, 5.74) is 0.393. The Hall–Kier alpha value is -1.15. The van der Waals surface area contributed by atoms with E-state index in [2.05, 4.69) is 20.7 Å². The second kappa shape index (κ2) is 4.27. The number of ether oxygens (including phenoxy) is 1. The summed E-state index contributed by atoms with van der Waals surface area (Å²) < 4.78 is 45.6. The van der Waals surface area contributed by atoms with Crippen molar-refractivity contribution in [3.63, 3.8) is 0 Å². The zero-order valence-electron chi connectivity index (χ0n) is 8.16. The van der Waals surface area contributed by atoms with Gasteiger partial charge in [0, 0.05) is 10.0 Å². The molecule has 1 aromatic carbocycles. The van der Waals surface area contributed by atoms with E-state index in [4.69, 9.17) is 4.65 Å². The Bertz CT molecular complexity index is 475. The Morgan fingerprint density at radius 3 is 2.71 bits per heavy atom. The number of halogens is 4. The molecule has 8 heteroatoms. The van der Waals surface area contributed by atoms with Gasteiger partial charge in [0.05, 0.1) is 0 Å². The highest BCUT2D eigenvalue weighted by molar-refractivity contribution is 9.10. The van der Waals surface area contributed by atoms with Gasteiger partial charge in [0.15, 0.2) is 11.5 Å². The van der Waals surface area contributed by atoms with Crippen molar-refractivity contribution in [3.05, 3.63) is 28.1 Å². The molecule has 0 saturated carbocycles. The van der Waals surface area contributed by atoms with Crippen LogP contribution >= 0.6 is 15.9 Å². The fraction of sp³-hybridized carbons (Fsp3) is 0.111. The first kappa shape index (κ1) is 12.3. The Balaban J connectivity index is 2.45. The summed E-state index contributed by atoms with van der Waals surface area (Å²) in [6.07, 6.45) is -3.36. The third-order valence-corrected chi connectivity index (χ3v) is 2.41. The maximum Gasteiger partial charge on any atom is 0.573 e. The molecule has 0 bridgehead atoms. The lowest BCUT2D eigenvalue weighted by molar-refractivity contribution is -0.275. The van der Waals surface area contributed by atoms with Crippen molar-refractivity contribution >= 4 is 29.1 Å². The van der Waals surface area contributed by atoms with Crippen LogP contribution in [0.1, 0.15) is 5.56 Å². The Morgan fingerprint density at radius 1 is 1.35 bits per heavy atom. The normalized spacial score (nSPS) is 14.3. The van der Waals surface area contributed by atoms with Crippen LogP contribution in [0, 0.1) is 0 Å². The van der Waals surface area contributed by atoms with Gasteiger partial charge in [-0.25, -0.2) is 0 Å². The first-order valence-electron chi connectivity index (χ1n) is 4.47. The molecule has 0 aliphatic carbocycles. The highest BCUT2D eigenvalue weighted by Gasteiger charge is 2.34. The summed E-state index contributed by atoms with van der Waals surface area (Å²) in [5, 5.41) is 9.19. The van der Waals surface area contributed by atoms with Crippen molar-refractivity contribution in [1.29, 1.82) is 0 Å². The molecule has 0 saturated heterocycles. The van der Waals surface area contributed by atoms with E-state index in [0.29, 0.717) is 10.0 Å². The first-order chi connectivity index (χ1) is 7.85. The molecule has 0 atom stereocenters. The van der Waals surface area contributed by atoms with E-state index < -0.39 is 19.2 Å². The highest BCUT2D eigenvalue weighted by Crippen LogP contribution is 2.40. The molecule has 1 aliphatic rings. The number of fused-ring (bicyclic) bond motifs is 1. The number of alkyl halides is 3. The monoisotopic (exact) mass is 308 g/mol. The average Bonchev–Trinajstić information content (AvgIpc) is 2.16. The molecule has 1 heterocycles. The van der Waals surface area contributed by atoms with Gasteiger partial charge in [0.25, 0.3) is 0 Å². The molecule has 0 spiro atoms. The molecule has 1 N–H and O–H groups in total. The number of benzene rings is 1. The molecular weight excluding hydrogens is 304 g/mol. The van der Waals surface area contributed by atoms with Gasteiger partial charge in [-0.1, -0.05) is 22.0 Å². The van der Waals surface area contributed by atoms with E-state index in [1.165, 1.54) is 12.1 Å². The SMILES string of the molecule is OB1C=Cc2cc(Br)cc(OC(F)(F)F)c2O1. The zero-order chi connectivity index (χ0) is 12.6. The van der Waals surface area contributed by atoms with Gasteiger partial charge in [-0.3, -0.25) is 0 Å². The molecule has 0 radical (unpaired) electrons. The van der Waals surface area contributed by atoms with E-state index in [0.717, 1.165) is 6.07 Å². The van der Waals surface area contributed by atoms with Gasteiger partial charge in [-0.2, -0.15) is 0 Å². The molecule has 3 nitrogen and oxygen atoms in total. The molecule has 0 amide bonds. The van der Waals surface area contributed by atoms with Crippen LogP contribution in [0.3, 0.4) is 0 Å². The summed E-state index contributed by atoms with van der Waals surface area (Å²) in [4.78, 5) is 0. The van der Waals surface area contributed by atoms with Gasteiger partial charge in [0.1, 0.15) is 0 Å². The molecule has 0 unspecified atom stereocenters. The zero-order valence-corrected chi connectivity index (χ0v) is 9.75. The Morgan fingerprint density at radius 2 is 2.06 bits per heavy atom. The smallest absolute Gasteiger partial charge is 0.530 e. The van der Waals surface area contributed by atoms with Gasteiger partial charge < -0.3 is 14.4 Å². The van der Waals surface area contributed by atoms with Crippen LogP contribution in [0.5, 0.6) is 11.5 Å². The van der Waals surface area contributed by atoms with Gasteiger partial charge in [0.2, 0.25) is 0 Å². The summed E-state index contributed by atoms with van der Waals surface area (Å²) in [7, 11) is -1.28. The minimum Gasteiger partial charge on any atom is -0.530 e. The Kier molecular flexibility index (Phi) is 3.09. The minimum atomic E-state index is -4.82. The molecule has 17 heavy (non-hydrogen) atoms. The van der Waals surface area contributed by atoms with E-state index in [1.807, 2.05) is 0 Å². The predicted molar refractivity (Wildman–Crippen MR) is 58.5 cm³/mol. The second-order valence-electron chi connectivity index (χ2n) is 3.24. The van der Waals surface area contributed by atoms with E-state index >= 15 is 0 Å². The van der Waals surface area contributed by atoms with Crippen LogP contribution in [0.25, 0.3) is 6.08 Å². The molecule has 0 aromatic heterocycles. The fourth-order valence-corrected chi connectivity index (χ4v) is 1.84. The van der Waals surface area contributed by atoms with Crippen LogP contribution in [0.15, 0.2) is 22.6 Å². The lowest BCUT2D eigenvalue weighted by atomic mass is 9.86. The van der Waals surface area contributed by atoms with E-state index in [1.54, 1.807) is 6.07 Å². The quantitative estimate of drug-likeness (QED) is 0.811. The molecule has 2 rings (SSSR count).